The van der Waals surface area contributed by atoms with Gasteiger partial charge >= 0.3 is 0 Å². The Hall–Kier alpha value is -3.67. The van der Waals surface area contributed by atoms with Gasteiger partial charge in [0.05, 0.1) is 6.26 Å². The monoisotopic (exact) mass is 361 g/mol. The van der Waals surface area contributed by atoms with E-state index in [1.807, 2.05) is 25.1 Å². The van der Waals surface area contributed by atoms with Crippen LogP contribution in [-0.2, 0) is 0 Å². The molecule has 0 saturated heterocycles. The zero-order valence-corrected chi connectivity index (χ0v) is 15.0. The lowest BCUT2D eigenvalue weighted by molar-refractivity contribution is 0.0954. The summed E-state index contributed by atoms with van der Waals surface area (Å²) < 4.78 is 5.21. The molecule has 2 amide bonds. The minimum absolute atomic E-state index is 0.199. The van der Waals surface area contributed by atoms with Crippen LogP contribution in [0.4, 0.5) is 5.69 Å². The minimum atomic E-state index is -0.350. The molecule has 2 N–H and O–H groups in total. The van der Waals surface area contributed by atoms with E-state index in [2.05, 4.69) is 15.8 Å². The van der Waals surface area contributed by atoms with E-state index in [1.165, 1.54) is 0 Å². The number of anilines is 1. The third-order valence-electron chi connectivity index (χ3n) is 3.89. The maximum absolute atomic E-state index is 12.3. The summed E-state index contributed by atoms with van der Waals surface area (Å²) in [5.41, 5.74) is 5.68. The number of carbonyl (C=O) groups is 2. The van der Waals surface area contributed by atoms with Crippen LogP contribution in [0.3, 0.4) is 0 Å². The van der Waals surface area contributed by atoms with Crippen LogP contribution in [0.25, 0.3) is 0 Å². The maximum Gasteiger partial charge on any atom is 0.271 e. The second-order valence-corrected chi connectivity index (χ2v) is 6.02. The lowest BCUT2D eigenvalue weighted by Crippen LogP contribution is -2.19. The first-order chi connectivity index (χ1) is 13.0. The van der Waals surface area contributed by atoms with Crippen LogP contribution in [0.2, 0.25) is 0 Å². The predicted molar refractivity (Wildman–Crippen MR) is 104 cm³/mol. The van der Waals surface area contributed by atoms with Crippen molar-refractivity contribution in [1.82, 2.24) is 5.43 Å². The fourth-order valence-electron chi connectivity index (χ4n) is 2.43. The highest BCUT2D eigenvalue weighted by Crippen LogP contribution is 2.12. The number of nitrogens with one attached hydrogen (secondary N) is 2. The van der Waals surface area contributed by atoms with E-state index < -0.39 is 0 Å². The van der Waals surface area contributed by atoms with Crippen LogP contribution in [0, 0.1) is 6.92 Å². The molecule has 0 aliphatic rings. The number of benzene rings is 2. The molecular formula is C21H19N3O3. The van der Waals surface area contributed by atoms with Gasteiger partial charge in [-0.2, -0.15) is 5.10 Å². The van der Waals surface area contributed by atoms with Crippen molar-refractivity contribution in [2.24, 2.45) is 5.10 Å². The molecular weight excluding hydrogens is 342 g/mol. The molecule has 2 aromatic carbocycles. The maximum atomic E-state index is 12.3. The Balaban J connectivity index is 1.62. The first-order valence-corrected chi connectivity index (χ1v) is 8.39. The van der Waals surface area contributed by atoms with Crippen LogP contribution >= 0.6 is 0 Å². The van der Waals surface area contributed by atoms with Crippen molar-refractivity contribution in [1.29, 1.82) is 0 Å². The zero-order chi connectivity index (χ0) is 19.2. The molecule has 0 atom stereocenters. The van der Waals surface area contributed by atoms with Crippen molar-refractivity contribution in [3.8, 4) is 0 Å². The average molecular weight is 361 g/mol. The van der Waals surface area contributed by atoms with Crippen molar-refractivity contribution in [2.75, 3.05) is 5.32 Å². The Morgan fingerprint density at radius 2 is 1.70 bits per heavy atom. The summed E-state index contributed by atoms with van der Waals surface area (Å²) in [5, 5.41) is 6.83. The SMILES string of the molecule is C/C(=N\NC(=O)c1ccc(NC(=O)c2cccc(C)c2)cc1)c1ccco1. The van der Waals surface area contributed by atoms with Crippen molar-refractivity contribution >= 4 is 23.2 Å². The van der Waals surface area contributed by atoms with Crippen molar-refractivity contribution in [3.63, 3.8) is 0 Å². The van der Waals surface area contributed by atoms with Crippen LogP contribution in [-0.4, -0.2) is 17.5 Å². The molecule has 136 valence electrons. The van der Waals surface area contributed by atoms with E-state index in [4.69, 9.17) is 4.42 Å². The van der Waals surface area contributed by atoms with Gasteiger partial charge in [-0.25, -0.2) is 5.43 Å². The lowest BCUT2D eigenvalue weighted by Gasteiger charge is -2.07. The van der Waals surface area contributed by atoms with Gasteiger partial charge in [0.25, 0.3) is 11.8 Å². The van der Waals surface area contributed by atoms with Crippen molar-refractivity contribution in [3.05, 3.63) is 89.4 Å². The molecule has 0 fully saturated rings. The molecule has 0 aliphatic carbocycles. The fraction of sp³-hybridized carbons (Fsp3) is 0.0952. The Kier molecular flexibility index (Phi) is 5.47. The first-order valence-electron chi connectivity index (χ1n) is 8.39. The quantitative estimate of drug-likeness (QED) is 0.532. The van der Waals surface area contributed by atoms with Gasteiger partial charge in [0.2, 0.25) is 0 Å². The highest BCUT2D eigenvalue weighted by molar-refractivity contribution is 6.04. The largest absolute Gasteiger partial charge is 0.463 e. The van der Waals surface area contributed by atoms with E-state index in [0.717, 1.165) is 5.56 Å². The molecule has 3 rings (SSSR count). The van der Waals surface area contributed by atoms with Gasteiger partial charge in [0.15, 0.2) is 0 Å². The zero-order valence-electron chi connectivity index (χ0n) is 15.0. The normalized spacial score (nSPS) is 11.1. The van der Waals surface area contributed by atoms with Gasteiger partial charge in [-0.05, 0) is 62.4 Å². The van der Waals surface area contributed by atoms with Gasteiger partial charge < -0.3 is 9.73 Å². The third kappa shape index (κ3) is 4.70. The van der Waals surface area contributed by atoms with Crippen molar-refractivity contribution in [2.45, 2.75) is 13.8 Å². The number of rotatable bonds is 5. The molecule has 0 aliphatic heterocycles. The molecule has 0 unspecified atom stereocenters. The van der Waals surface area contributed by atoms with Gasteiger partial charge in [-0.3, -0.25) is 9.59 Å². The molecule has 6 heteroatoms. The summed E-state index contributed by atoms with van der Waals surface area (Å²) in [6.45, 7) is 3.67. The summed E-state index contributed by atoms with van der Waals surface area (Å²) in [4.78, 5) is 24.4. The molecule has 0 spiro atoms. The number of hydrazone groups is 1. The predicted octanol–water partition coefficient (Wildman–Crippen LogP) is 3.99. The topological polar surface area (TPSA) is 83.7 Å². The Morgan fingerprint density at radius 1 is 0.926 bits per heavy atom. The Labute approximate surface area is 156 Å². The summed E-state index contributed by atoms with van der Waals surface area (Å²) in [7, 11) is 0. The standard InChI is InChI=1S/C21H19N3O3/c1-14-5-3-6-17(13-14)20(25)22-18-10-8-16(9-11-18)21(26)24-23-15(2)19-7-4-12-27-19/h3-13H,1-2H3,(H,22,25)(H,24,26)/b23-15+. The molecule has 0 saturated carbocycles. The fourth-order valence-corrected chi connectivity index (χ4v) is 2.43. The van der Waals surface area contributed by atoms with E-state index in [1.54, 1.807) is 55.7 Å². The average Bonchev–Trinajstić information content (AvgIpc) is 3.21. The Morgan fingerprint density at radius 3 is 2.37 bits per heavy atom. The summed E-state index contributed by atoms with van der Waals surface area (Å²) in [6.07, 6.45) is 1.54. The first kappa shape index (κ1) is 18.1. The van der Waals surface area contributed by atoms with Crippen LogP contribution < -0.4 is 10.7 Å². The summed E-state index contributed by atoms with van der Waals surface area (Å²) in [6, 6.07) is 17.4. The molecule has 0 radical (unpaired) electrons. The number of amides is 2. The molecule has 27 heavy (non-hydrogen) atoms. The van der Waals surface area contributed by atoms with Crippen molar-refractivity contribution < 1.29 is 14.0 Å². The number of nitrogens with zero attached hydrogens (tertiary/aromatic N) is 1. The second kappa shape index (κ2) is 8.14. The number of furan rings is 1. The third-order valence-corrected chi connectivity index (χ3v) is 3.89. The smallest absolute Gasteiger partial charge is 0.271 e. The van der Waals surface area contributed by atoms with Gasteiger partial charge in [-0.1, -0.05) is 17.7 Å². The highest BCUT2D eigenvalue weighted by atomic mass is 16.3. The Bertz CT molecular complexity index is 974. The van der Waals surface area contributed by atoms with Gasteiger partial charge in [0, 0.05) is 16.8 Å². The van der Waals surface area contributed by atoms with Crippen LogP contribution in [0.1, 0.15) is 39.0 Å². The minimum Gasteiger partial charge on any atom is -0.463 e. The number of aryl methyl sites for hydroxylation is 1. The molecule has 6 nitrogen and oxygen atoms in total. The number of hydrogen-bond donors (Lipinski definition) is 2. The number of carbonyl (C=O) groups excluding carboxylic acids is 2. The molecule has 1 aromatic heterocycles. The molecule has 3 aromatic rings. The molecule has 0 bridgehead atoms. The summed E-state index contributed by atoms with van der Waals surface area (Å²) in [5.74, 6) is 0.0385. The van der Waals surface area contributed by atoms with Gasteiger partial charge in [0.1, 0.15) is 11.5 Å². The van der Waals surface area contributed by atoms with Crippen LogP contribution in [0.5, 0.6) is 0 Å². The van der Waals surface area contributed by atoms with E-state index in [-0.39, 0.29) is 11.8 Å². The van der Waals surface area contributed by atoms with Crippen LogP contribution in [0.15, 0.2) is 76.4 Å². The van der Waals surface area contributed by atoms with Gasteiger partial charge in [-0.15, -0.1) is 0 Å². The van der Waals surface area contributed by atoms with E-state index >= 15 is 0 Å². The lowest BCUT2D eigenvalue weighted by atomic mass is 10.1. The summed E-state index contributed by atoms with van der Waals surface area (Å²) >= 11 is 0. The second-order valence-electron chi connectivity index (χ2n) is 6.02. The number of hydrogen-bond acceptors (Lipinski definition) is 4. The molecule has 1 heterocycles. The highest BCUT2D eigenvalue weighted by Gasteiger charge is 2.09. The van der Waals surface area contributed by atoms with E-state index in [9.17, 15) is 9.59 Å². The van der Waals surface area contributed by atoms with E-state index in [0.29, 0.717) is 28.3 Å².